The first kappa shape index (κ1) is 13.6. The van der Waals surface area contributed by atoms with Crippen LogP contribution in [-0.4, -0.2) is 18.4 Å². The smallest absolute Gasteiger partial charge is 0.311 e. The van der Waals surface area contributed by atoms with Crippen LogP contribution in [0.15, 0.2) is 24.3 Å². The number of nitrogens with zero attached hydrogens (tertiary/aromatic N) is 1. The van der Waals surface area contributed by atoms with Crippen molar-refractivity contribution in [2.75, 3.05) is 11.4 Å². The molecular formula is C15H19NO3. The van der Waals surface area contributed by atoms with Crippen LogP contribution in [0.4, 0.5) is 5.69 Å². The Morgan fingerprint density at radius 1 is 1.32 bits per heavy atom. The monoisotopic (exact) mass is 261 g/mol. The highest BCUT2D eigenvalue weighted by atomic mass is 16.5. The summed E-state index contributed by atoms with van der Waals surface area (Å²) in [5.74, 6) is 0.750. The molecule has 0 N–H and O–H groups in total. The van der Waals surface area contributed by atoms with Gasteiger partial charge in [0.2, 0.25) is 5.91 Å². The summed E-state index contributed by atoms with van der Waals surface area (Å²) in [6.45, 7) is 4.72. The molecule has 0 radical (unpaired) electrons. The zero-order valence-electron chi connectivity index (χ0n) is 11.4. The fourth-order valence-corrected chi connectivity index (χ4v) is 2.12. The van der Waals surface area contributed by atoms with E-state index in [1.807, 2.05) is 26.0 Å². The average Bonchev–Trinajstić information content (AvgIpc) is 2.75. The molecule has 1 fully saturated rings. The second-order valence-electron chi connectivity index (χ2n) is 5.21. The van der Waals surface area contributed by atoms with Gasteiger partial charge in [0.1, 0.15) is 5.75 Å². The maximum atomic E-state index is 11.6. The lowest BCUT2D eigenvalue weighted by Crippen LogP contribution is -2.23. The van der Waals surface area contributed by atoms with Crippen molar-refractivity contribution in [2.45, 2.75) is 33.1 Å². The molecule has 1 heterocycles. The normalized spacial score (nSPS) is 15.1. The molecule has 0 atom stereocenters. The van der Waals surface area contributed by atoms with E-state index in [9.17, 15) is 9.59 Å². The third-order valence-electron chi connectivity index (χ3n) is 3.03. The number of benzene rings is 1. The van der Waals surface area contributed by atoms with E-state index in [2.05, 4.69) is 0 Å². The summed E-state index contributed by atoms with van der Waals surface area (Å²) in [5, 5.41) is 0. The van der Waals surface area contributed by atoms with Crippen molar-refractivity contribution in [1.29, 1.82) is 0 Å². The van der Waals surface area contributed by atoms with E-state index >= 15 is 0 Å². The van der Waals surface area contributed by atoms with Crippen molar-refractivity contribution in [3.63, 3.8) is 0 Å². The maximum absolute atomic E-state index is 11.6. The summed E-state index contributed by atoms with van der Waals surface area (Å²) in [5.41, 5.74) is 0.867. The van der Waals surface area contributed by atoms with Gasteiger partial charge in [-0.2, -0.15) is 0 Å². The lowest BCUT2D eigenvalue weighted by Gasteiger charge is -2.15. The van der Waals surface area contributed by atoms with Gasteiger partial charge in [-0.1, -0.05) is 13.8 Å². The van der Waals surface area contributed by atoms with E-state index in [0.29, 0.717) is 18.6 Å². The van der Waals surface area contributed by atoms with E-state index in [1.54, 1.807) is 17.0 Å². The van der Waals surface area contributed by atoms with Crippen molar-refractivity contribution < 1.29 is 14.3 Å². The average molecular weight is 261 g/mol. The van der Waals surface area contributed by atoms with Crippen LogP contribution < -0.4 is 9.64 Å². The van der Waals surface area contributed by atoms with Gasteiger partial charge in [-0.25, -0.2) is 0 Å². The van der Waals surface area contributed by atoms with Crippen molar-refractivity contribution in [3.05, 3.63) is 24.3 Å². The van der Waals surface area contributed by atoms with E-state index in [0.717, 1.165) is 18.7 Å². The Morgan fingerprint density at radius 2 is 2.00 bits per heavy atom. The molecule has 1 amide bonds. The van der Waals surface area contributed by atoms with Crippen LogP contribution in [0.5, 0.6) is 5.75 Å². The van der Waals surface area contributed by atoms with E-state index < -0.39 is 0 Å². The number of carbonyl (C=O) groups is 2. The van der Waals surface area contributed by atoms with E-state index in [-0.39, 0.29) is 17.8 Å². The molecule has 0 bridgehead atoms. The van der Waals surface area contributed by atoms with Crippen molar-refractivity contribution in [1.82, 2.24) is 0 Å². The molecule has 1 aliphatic heterocycles. The molecule has 1 aromatic carbocycles. The molecule has 19 heavy (non-hydrogen) atoms. The molecule has 4 nitrogen and oxygen atoms in total. The van der Waals surface area contributed by atoms with Gasteiger partial charge in [0, 0.05) is 25.1 Å². The first-order valence-electron chi connectivity index (χ1n) is 6.67. The van der Waals surface area contributed by atoms with Crippen LogP contribution in [0, 0.1) is 5.92 Å². The highest BCUT2D eigenvalue weighted by Crippen LogP contribution is 2.24. The topological polar surface area (TPSA) is 46.6 Å². The molecule has 0 aliphatic carbocycles. The van der Waals surface area contributed by atoms with Crippen LogP contribution >= 0.6 is 0 Å². The van der Waals surface area contributed by atoms with Crippen LogP contribution in [-0.2, 0) is 9.59 Å². The fourth-order valence-electron chi connectivity index (χ4n) is 2.12. The Labute approximate surface area is 113 Å². The molecule has 4 heteroatoms. The maximum Gasteiger partial charge on any atom is 0.311 e. The largest absolute Gasteiger partial charge is 0.427 e. The minimum atomic E-state index is -0.222. The lowest BCUT2D eigenvalue weighted by atomic mass is 10.1. The van der Waals surface area contributed by atoms with E-state index in [1.165, 1.54) is 0 Å². The van der Waals surface area contributed by atoms with Gasteiger partial charge in [0.05, 0.1) is 0 Å². The minimum Gasteiger partial charge on any atom is -0.427 e. The van der Waals surface area contributed by atoms with Crippen molar-refractivity contribution >= 4 is 17.6 Å². The summed E-state index contributed by atoms with van der Waals surface area (Å²) in [7, 11) is 0. The molecule has 0 saturated carbocycles. The first-order chi connectivity index (χ1) is 9.06. The summed E-state index contributed by atoms with van der Waals surface area (Å²) >= 11 is 0. The Bertz CT molecular complexity index is 465. The number of ether oxygens (including phenoxy) is 1. The Morgan fingerprint density at radius 3 is 2.53 bits per heavy atom. The van der Waals surface area contributed by atoms with Gasteiger partial charge in [-0.05, 0) is 36.6 Å². The number of hydrogen-bond donors (Lipinski definition) is 0. The van der Waals surface area contributed by atoms with Gasteiger partial charge in [-0.3, -0.25) is 9.59 Å². The van der Waals surface area contributed by atoms with Gasteiger partial charge in [0.25, 0.3) is 0 Å². The van der Waals surface area contributed by atoms with Gasteiger partial charge < -0.3 is 9.64 Å². The number of carbonyl (C=O) groups excluding carboxylic acids is 2. The van der Waals surface area contributed by atoms with Gasteiger partial charge in [-0.15, -0.1) is 0 Å². The molecule has 2 rings (SSSR count). The molecule has 1 aliphatic rings. The molecule has 0 unspecified atom stereocenters. The predicted molar refractivity (Wildman–Crippen MR) is 73.1 cm³/mol. The number of amides is 1. The second kappa shape index (κ2) is 5.87. The zero-order valence-corrected chi connectivity index (χ0v) is 11.4. The molecule has 1 saturated heterocycles. The van der Waals surface area contributed by atoms with Gasteiger partial charge in [0.15, 0.2) is 0 Å². The SMILES string of the molecule is CC(C)CC(=O)Oc1ccc(N2CCCC2=O)cc1. The zero-order chi connectivity index (χ0) is 13.8. The van der Waals surface area contributed by atoms with Gasteiger partial charge >= 0.3 is 5.97 Å². The summed E-state index contributed by atoms with van der Waals surface area (Å²) in [4.78, 5) is 24.9. The Hall–Kier alpha value is -1.84. The Kier molecular flexibility index (Phi) is 4.20. The molecule has 0 aromatic heterocycles. The predicted octanol–water partition coefficient (Wildman–Crippen LogP) is 2.76. The standard InChI is InChI=1S/C15H19NO3/c1-11(2)10-15(18)19-13-7-5-12(6-8-13)16-9-3-4-14(16)17/h5-8,11H,3-4,9-10H2,1-2H3. The fraction of sp³-hybridized carbons (Fsp3) is 0.467. The highest BCUT2D eigenvalue weighted by Gasteiger charge is 2.21. The van der Waals surface area contributed by atoms with Crippen LogP contribution in [0.2, 0.25) is 0 Å². The lowest BCUT2D eigenvalue weighted by molar-refractivity contribution is -0.135. The summed E-state index contributed by atoms with van der Waals surface area (Å²) in [6.07, 6.45) is 1.93. The van der Waals surface area contributed by atoms with Crippen molar-refractivity contribution in [3.8, 4) is 5.75 Å². The number of esters is 1. The summed E-state index contributed by atoms with van der Waals surface area (Å²) < 4.78 is 5.23. The van der Waals surface area contributed by atoms with Crippen molar-refractivity contribution in [2.24, 2.45) is 5.92 Å². The first-order valence-corrected chi connectivity index (χ1v) is 6.67. The number of rotatable bonds is 4. The molecular weight excluding hydrogens is 242 g/mol. The van der Waals surface area contributed by atoms with Crippen LogP contribution in [0.25, 0.3) is 0 Å². The van der Waals surface area contributed by atoms with Crippen LogP contribution in [0.3, 0.4) is 0 Å². The Balaban J connectivity index is 1.98. The minimum absolute atomic E-state index is 0.157. The molecule has 102 valence electrons. The third-order valence-corrected chi connectivity index (χ3v) is 3.03. The highest BCUT2D eigenvalue weighted by molar-refractivity contribution is 5.95. The second-order valence-corrected chi connectivity index (χ2v) is 5.21. The third kappa shape index (κ3) is 3.56. The van der Waals surface area contributed by atoms with E-state index in [4.69, 9.17) is 4.74 Å². The quantitative estimate of drug-likeness (QED) is 0.618. The summed E-state index contributed by atoms with van der Waals surface area (Å²) in [6, 6.07) is 7.11. The number of hydrogen-bond acceptors (Lipinski definition) is 3. The number of anilines is 1. The molecule has 1 aromatic rings. The molecule has 0 spiro atoms. The van der Waals surface area contributed by atoms with Crippen LogP contribution in [0.1, 0.15) is 33.1 Å².